The van der Waals surface area contributed by atoms with Crippen LogP contribution in [-0.4, -0.2) is 4.33 Å². The zero-order valence-electron chi connectivity index (χ0n) is 6.43. The molecule has 0 aliphatic heterocycles. The molecule has 64 valence electrons. The highest BCUT2D eigenvalue weighted by Gasteiger charge is 2.52. The van der Waals surface area contributed by atoms with Gasteiger partial charge in [0.15, 0.2) is 0 Å². The molecule has 1 aromatic rings. The van der Waals surface area contributed by atoms with E-state index >= 15 is 0 Å². The second-order valence-electron chi connectivity index (χ2n) is 3.15. The molecule has 0 heterocycles. The first kappa shape index (κ1) is 8.21. The van der Waals surface area contributed by atoms with Crippen molar-refractivity contribution in [1.82, 2.24) is 0 Å². The normalized spacial score (nSPS) is 25.3. The lowest BCUT2D eigenvalue weighted by Gasteiger charge is -2.03. The van der Waals surface area contributed by atoms with Gasteiger partial charge in [-0.15, -0.1) is 23.2 Å². The van der Waals surface area contributed by atoms with Crippen LogP contribution < -0.4 is 5.73 Å². The van der Waals surface area contributed by atoms with Gasteiger partial charge in [-0.1, -0.05) is 18.2 Å². The van der Waals surface area contributed by atoms with Gasteiger partial charge in [0.2, 0.25) is 0 Å². The van der Waals surface area contributed by atoms with Crippen LogP contribution in [-0.2, 0) is 0 Å². The maximum absolute atomic E-state index is 5.92. The van der Waals surface area contributed by atoms with Crippen LogP contribution in [0, 0.1) is 0 Å². The quantitative estimate of drug-likeness (QED) is 0.549. The third-order valence-electron chi connectivity index (χ3n) is 2.20. The van der Waals surface area contributed by atoms with Gasteiger partial charge < -0.3 is 5.73 Å². The van der Waals surface area contributed by atoms with E-state index in [-0.39, 0.29) is 5.92 Å². The molecule has 0 saturated heterocycles. The van der Waals surface area contributed by atoms with Gasteiger partial charge in [-0.05, 0) is 18.1 Å². The van der Waals surface area contributed by atoms with Crippen LogP contribution in [0.3, 0.4) is 0 Å². The molecule has 1 fully saturated rings. The lowest BCUT2D eigenvalue weighted by atomic mass is 10.1. The predicted octanol–water partition coefficient (Wildman–Crippen LogP) is 2.93. The Bertz CT molecular complexity index is 309. The van der Waals surface area contributed by atoms with Crippen molar-refractivity contribution in [3.63, 3.8) is 0 Å². The van der Waals surface area contributed by atoms with E-state index in [2.05, 4.69) is 0 Å². The Balaban J connectivity index is 2.31. The van der Waals surface area contributed by atoms with E-state index in [0.29, 0.717) is 0 Å². The van der Waals surface area contributed by atoms with E-state index in [1.807, 2.05) is 24.3 Å². The minimum atomic E-state index is -0.574. The van der Waals surface area contributed by atoms with Crippen molar-refractivity contribution in [1.29, 1.82) is 0 Å². The molecule has 0 amide bonds. The summed E-state index contributed by atoms with van der Waals surface area (Å²) in [6, 6.07) is 7.71. The number of nitrogen functional groups attached to an aromatic ring is 1. The molecule has 1 aliphatic carbocycles. The lowest BCUT2D eigenvalue weighted by Crippen LogP contribution is -1.95. The summed E-state index contributed by atoms with van der Waals surface area (Å²) in [7, 11) is 0. The Morgan fingerprint density at radius 2 is 1.92 bits per heavy atom. The highest BCUT2D eigenvalue weighted by atomic mass is 35.5. The Labute approximate surface area is 81.5 Å². The molecular formula is C9H9Cl2N. The number of para-hydroxylation sites is 1. The molecule has 12 heavy (non-hydrogen) atoms. The van der Waals surface area contributed by atoms with Gasteiger partial charge in [-0.3, -0.25) is 0 Å². The summed E-state index contributed by atoms with van der Waals surface area (Å²) in [5.41, 5.74) is 7.62. The SMILES string of the molecule is Nc1ccccc1[C@H]1CC1(Cl)Cl. The zero-order valence-corrected chi connectivity index (χ0v) is 7.94. The van der Waals surface area contributed by atoms with E-state index in [1.165, 1.54) is 0 Å². The molecular weight excluding hydrogens is 193 g/mol. The fraction of sp³-hybridized carbons (Fsp3) is 0.333. The molecule has 1 atom stereocenters. The van der Waals surface area contributed by atoms with Crippen molar-refractivity contribution >= 4 is 28.9 Å². The van der Waals surface area contributed by atoms with Gasteiger partial charge in [0.05, 0.1) is 0 Å². The summed E-state index contributed by atoms with van der Waals surface area (Å²) in [6.07, 6.45) is 0.810. The highest BCUT2D eigenvalue weighted by Crippen LogP contribution is 2.60. The third kappa shape index (κ3) is 1.27. The molecule has 0 aromatic heterocycles. The number of halogens is 2. The van der Waals surface area contributed by atoms with Crippen LogP contribution in [0.4, 0.5) is 5.69 Å². The second-order valence-corrected chi connectivity index (χ2v) is 4.69. The van der Waals surface area contributed by atoms with Gasteiger partial charge in [0.25, 0.3) is 0 Å². The van der Waals surface area contributed by atoms with Gasteiger partial charge in [0.1, 0.15) is 4.33 Å². The van der Waals surface area contributed by atoms with Gasteiger partial charge in [0, 0.05) is 11.6 Å². The average Bonchev–Trinajstić information content (AvgIpc) is 2.61. The summed E-state index contributed by atoms with van der Waals surface area (Å²) in [6.45, 7) is 0. The van der Waals surface area contributed by atoms with E-state index in [1.54, 1.807) is 0 Å². The van der Waals surface area contributed by atoms with Crippen molar-refractivity contribution < 1.29 is 0 Å². The largest absolute Gasteiger partial charge is 0.398 e. The zero-order chi connectivity index (χ0) is 8.77. The monoisotopic (exact) mass is 201 g/mol. The van der Waals surface area contributed by atoms with Crippen molar-refractivity contribution in [2.75, 3.05) is 5.73 Å². The molecule has 1 aromatic carbocycles. The van der Waals surface area contributed by atoms with E-state index in [9.17, 15) is 0 Å². The van der Waals surface area contributed by atoms with Crippen LogP contribution >= 0.6 is 23.2 Å². The molecule has 1 nitrogen and oxygen atoms in total. The molecule has 3 heteroatoms. The number of hydrogen-bond acceptors (Lipinski definition) is 1. The van der Waals surface area contributed by atoms with Crippen LogP contribution in [0.2, 0.25) is 0 Å². The van der Waals surface area contributed by atoms with Crippen LogP contribution in [0.1, 0.15) is 17.9 Å². The molecule has 1 saturated carbocycles. The molecule has 1 aliphatic rings. The molecule has 2 rings (SSSR count). The number of alkyl halides is 2. The summed E-state index contributed by atoms with van der Waals surface area (Å²) < 4.78 is -0.574. The molecule has 0 radical (unpaired) electrons. The summed E-state index contributed by atoms with van der Waals surface area (Å²) >= 11 is 11.8. The first-order valence-electron chi connectivity index (χ1n) is 3.83. The Hall–Kier alpha value is -0.400. The van der Waals surface area contributed by atoms with Crippen molar-refractivity contribution in [3.05, 3.63) is 29.8 Å². The lowest BCUT2D eigenvalue weighted by molar-refractivity contribution is 1.11. The Morgan fingerprint density at radius 3 is 2.42 bits per heavy atom. The summed E-state index contributed by atoms with van der Waals surface area (Å²) in [5, 5.41) is 0. The first-order chi connectivity index (χ1) is 5.61. The van der Waals surface area contributed by atoms with E-state index < -0.39 is 4.33 Å². The average molecular weight is 202 g/mol. The second kappa shape index (κ2) is 2.54. The maximum atomic E-state index is 5.92. The fourth-order valence-corrected chi connectivity index (χ4v) is 1.92. The van der Waals surface area contributed by atoms with E-state index in [0.717, 1.165) is 17.7 Å². The number of benzene rings is 1. The third-order valence-corrected chi connectivity index (χ3v) is 3.03. The van der Waals surface area contributed by atoms with Crippen molar-refractivity contribution in [2.45, 2.75) is 16.7 Å². The van der Waals surface area contributed by atoms with Crippen molar-refractivity contribution in [2.24, 2.45) is 0 Å². The number of nitrogens with two attached hydrogens (primary N) is 1. The van der Waals surface area contributed by atoms with Gasteiger partial charge in [-0.2, -0.15) is 0 Å². The smallest absolute Gasteiger partial charge is 0.126 e. The maximum Gasteiger partial charge on any atom is 0.126 e. The van der Waals surface area contributed by atoms with Gasteiger partial charge in [-0.25, -0.2) is 0 Å². The molecule has 2 N–H and O–H groups in total. The topological polar surface area (TPSA) is 26.0 Å². The standard InChI is InChI=1S/C9H9Cl2N/c10-9(11)5-7(9)6-3-1-2-4-8(6)12/h1-4,7H,5,12H2/t7-/m1/s1. The Kier molecular flexibility index (Phi) is 1.74. The number of rotatable bonds is 1. The van der Waals surface area contributed by atoms with Crippen LogP contribution in [0.15, 0.2) is 24.3 Å². The number of anilines is 1. The van der Waals surface area contributed by atoms with Crippen LogP contribution in [0.5, 0.6) is 0 Å². The molecule has 0 spiro atoms. The minimum absolute atomic E-state index is 0.224. The minimum Gasteiger partial charge on any atom is -0.398 e. The van der Waals surface area contributed by atoms with E-state index in [4.69, 9.17) is 28.9 Å². The Morgan fingerprint density at radius 1 is 1.33 bits per heavy atom. The summed E-state index contributed by atoms with van der Waals surface area (Å²) in [4.78, 5) is 0. The summed E-state index contributed by atoms with van der Waals surface area (Å²) in [5.74, 6) is 0.224. The van der Waals surface area contributed by atoms with Crippen LogP contribution in [0.25, 0.3) is 0 Å². The predicted molar refractivity (Wildman–Crippen MR) is 52.6 cm³/mol. The number of hydrogen-bond donors (Lipinski definition) is 1. The van der Waals surface area contributed by atoms with Gasteiger partial charge >= 0.3 is 0 Å². The van der Waals surface area contributed by atoms with Crippen molar-refractivity contribution in [3.8, 4) is 0 Å². The first-order valence-corrected chi connectivity index (χ1v) is 4.59. The fourth-order valence-electron chi connectivity index (χ4n) is 1.38. The molecule has 0 unspecified atom stereocenters. The molecule has 0 bridgehead atoms. The highest BCUT2D eigenvalue weighted by molar-refractivity contribution is 6.51.